The minimum absolute atomic E-state index is 0.173. The average Bonchev–Trinajstić information content (AvgIpc) is 2.64. The summed E-state index contributed by atoms with van der Waals surface area (Å²) in [6.07, 6.45) is 0.533. The summed E-state index contributed by atoms with van der Waals surface area (Å²) in [6.45, 7) is 2.05. The summed E-state index contributed by atoms with van der Waals surface area (Å²) in [5.74, 6) is 0. The van der Waals surface area contributed by atoms with Crippen molar-refractivity contribution in [2.75, 3.05) is 26.8 Å². The normalized spacial score (nSPS) is 25.4. The molecule has 94 valence electrons. The monoisotopic (exact) mass is 257 g/mol. The Morgan fingerprint density at radius 3 is 2.94 bits per heavy atom. The molecular formula is C13H17ClFNO. The number of nitrogens with zero attached hydrogens (tertiary/aromatic N) is 1. The zero-order valence-corrected chi connectivity index (χ0v) is 10.7. The second kappa shape index (κ2) is 5.34. The molecule has 1 fully saturated rings. The van der Waals surface area contributed by atoms with Crippen molar-refractivity contribution in [1.82, 2.24) is 4.90 Å². The van der Waals surface area contributed by atoms with Crippen molar-refractivity contribution in [1.29, 1.82) is 0 Å². The molecule has 2 nitrogen and oxygen atoms in total. The Morgan fingerprint density at radius 2 is 2.24 bits per heavy atom. The third kappa shape index (κ3) is 3.18. The van der Waals surface area contributed by atoms with Gasteiger partial charge in [-0.25, -0.2) is 4.39 Å². The number of benzene rings is 1. The van der Waals surface area contributed by atoms with Crippen molar-refractivity contribution < 1.29 is 9.13 Å². The highest BCUT2D eigenvalue weighted by Gasteiger charge is 2.38. The molecule has 1 saturated heterocycles. The maximum Gasteiger partial charge on any atom is 0.148 e. The molecule has 1 unspecified atom stereocenters. The van der Waals surface area contributed by atoms with Crippen LogP contribution in [-0.2, 0) is 11.3 Å². The minimum Gasteiger partial charge on any atom is -0.381 e. The smallest absolute Gasteiger partial charge is 0.148 e. The summed E-state index contributed by atoms with van der Waals surface area (Å²) in [5, 5.41) is 0.746. The van der Waals surface area contributed by atoms with Crippen molar-refractivity contribution >= 4 is 11.6 Å². The maximum atomic E-state index is 14.2. The number of alkyl halides is 1. The van der Waals surface area contributed by atoms with E-state index in [-0.39, 0.29) is 6.61 Å². The van der Waals surface area contributed by atoms with Gasteiger partial charge in [0.15, 0.2) is 0 Å². The van der Waals surface area contributed by atoms with Crippen LogP contribution in [-0.4, -0.2) is 37.4 Å². The van der Waals surface area contributed by atoms with E-state index in [9.17, 15) is 4.39 Å². The van der Waals surface area contributed by atoms with Crippen molar-refractivity contribution in [3.05, 3.63) is 34.9 Å². The van der Waals surface area contributed by atoms with Gasteiger partial charge in [-0.2, -0.15) is 0 Å². The lowest BCUT2D eigenvalue weighted by Gasteiger charge is -2.20. The molecule has 0 radical (unpaired) electrons. The second-order valence-electron chi connectivity index (χ2n) is 4.64. The molecule has 4 heteroatoms. The molecule has 0 bridgehead atoms. The van der Waals surface area contributed by atoms with Gasteiger partial charge >= 0.3 is 0 Å². The van der Waals surface area contributed by atoms with Gasteiger partial charge in [0.2, 0.25) is 0 Å². The van der Waals surface area contributed by atoms with Crippen molar-refractivity contribution in [2.45, 2.75) is 18.6 Å². The van der Waals surface area contributed by atoms with Crippen LogP contribution in [0.25, 0.3) is 0 Å². The van der Waals surface area contributed by atoms with Gasteiger partial charge in [0.25, 0.3) is 0 Å². The van der Waals surface area contributed by atoms with E-state index >= 15 is 0 Å². The second-order valence-corrected chi connectivity index (χ2v) is 5.04. The average molecular weight is 258 g/mol. The predicted octanol–water partition coefficient (Wildman–Crippen LogP) is 2.90. The van der Waals surface area contributed by atoms with Crippen molar-refractivity contribution in [3.8, 4) is 0 Å². The van der Waals surface area contributed by atoms with Gasteiger partial charge < -0.3 is 4.74 Å². The lowest BCUT2D eigenvalue weighted by Crippen LogP contribution is -2.33. The zero-order valence-electron chi connectivity index (χ0n) is 9.96. The SMILES string of the molecule is COCC1(F)CCN(Cc2ccccc2Cl)C1. The van der Waals surface area contributed by atoms with E-state index in [1.165, 1.54) is 7.11 Å². The first kappa shape index (κ1) is 12.8. The molecule has 2 rings (SSSR count). The van der Waals surface area contributed by atoms with Gasteiger partial charge in [0.1, 0.15) is 5.67 Å². The minimum atomic E-state index is -1.20. The Balaban J connectivity index is 1.96. The first-order valence-electron chi connectivity index (χ1n) is 5.77. The van der Waals surface area contributed by atoms with Gasteiger partial charge in [0, 0.05) is 31.8 Å². The maximum absolute atomic E-state index is 14.2. The van der Waals surface area contributed by atoms with E-state index < -0.39 is 5.67 Å². The number of likely N-dealkylation sites (tertiary alicyclic amines) is 1. The highest BCUT2D eigenvalue weighted by atomic mass is 35.5. The summed E-state index contributed by atoms with van der Waals surface area (Å²) < 4.78 is 19.1. The lowest BCUT2D eigenvalue weighted by atomic mass is 10.1. The summed E-state index contributed by atoms with van der Waals surface area (Å²) in [4.78, 5) is 2.08. The van der Waals surface area contributed by atoms with Gasteiger partial charge in [-0.15, -0.1) is 0 Å². The van der Waals surface area contributed by atoms with Crippen molar-refractivity contribution in [3.63, 3.8) is 0 Å². The molecule has 0 saturated carbocycles. The molecule has 1 aliphatic rings. The summed E-state index contributed by atoms with van der Waals surface area (Å²) >= 11 is 6.09. The van der Waals surface area contributed by atoms with E-state index in [1.807, 2.05) is 24.3 Å². The highest BCUT2D eigenvalue weighted by molar-refractivity contribution is 6.31. The molecule has 0 N–H and O–H groups in total. The summed E-state index contributed by atoms with van der Waals surface area (Å²) in [6, 6.07) is 7.71. The van der Waals surface area contributed by atoms with Crippen LogP contribution in [0.15, 0.2) is 24.3 Å². The molecular weight excluding hydrogens is 241 g/mol. The summed E-state index contributed by atoms with van der Waals surface area (Å²) in [5.41, 5.74) is -0.147. The van der Waals surface area contributed by atoms with Crippen LogP contribution in [0.4, 0.5) is 4.39 Å². The number of hydrogen-bond donors (Lipinski definition) is 0. The van der Waals surface area contributed by atoms with Gasteiger partial charge in [-0.05, 0) is 18.1 Å². The Hall–Kier alpha value is -0.640. The van der Waals surface area contributed by atoms with Crippen LogP contribution in [0.5, 0.6) is 0 Å². The first-order valence-corrected chi connectivity index (χ1v) is 6.14. The molecule has 0 aromatic heterocycles. The topological polar surface area (TPSA) is 12.5 Å². The van der Waals surface area contributed by atoms with Crippen LogP contribution in [0, 0.1) is 0 Å². The Labute approximate surface area is 106 Å². The van der Waals surface area contributed by atoms with Crippen LogP contribution in [0.1, 0.15) is 12.0 Å². The number of ether oxygens (including phenoxy) is 1. The lowest BCUT2D eigenvalue weighted by molar-refractivity contribution is 0.0467. The van der Waals surface area contributed by atoms with Crippen molar-refractivity contribution in [2.24, 2.45) is 0 Å². The number of hydrogen-bond acceptors (Lipinski definition) is 2. The molecule has 1 heterocycles. The molecule has 0 spiro atoms. The zero-order chi connectivity index (χ0) is 12.3. The highest BCUT2D eigenvalue weighted by Crippen LogP contribution is 2.28. The molecule has 1 atom stereocenters. The van der Waals surface area contributed by atoms with Gasteiger partial charge in [-0.3, -0.25) is 4.90 Å². The largest absolute Gasteiger partial charge is 0.381 e. The number of rotatable bonds is 4. The van der Waals surface area contributed by atoms with Gasteiger partial charge in [-0.1, -0.05) is 29.8 Å². The van der Waals surface area contributed by atoms with E-state index in [2.05, 4.69) is 4.90 Å². The standard InChI is InChI=1S/C13H17ClFNO/c1-17-10-13(15)6-7-16(9-13)8-11-4-2-3-5-12(11)14/h2-5H,6-10H2,1H3. The van der Waals surface area contributed by atoms with Crippen LogP contribution < -0.4 is 0 Å². The number of methoxy groups -OCH3 is 1. The molecule has 17 heavy (non-hydrogen) atoms. The van der Waals surface area contributed by atoms with Crippen LogP contribution in [0.3, 0.4) is 0 Å². The van der Waals surface area contributed by atoms with Gasteiger partial charge in [0.05, 0.1) is 6.61 Å². The fraction of sp³-hybridized carbons (Fsp3) is 0.538. The predicted molar refractivity (Wildman–Crippen MR) is 67.1 cm³/mol. The third-order valence-electron chi connectivity index (χ3n) is 3.14. The van der Waals surface area contributed by atoms with E-state index in [0.717, 1.165) is 17.1 Å². The van der Waals surface area contributed by atoms with E-state index in [1.54, 1.807) is 0 Å². The third-order valence-corrected chi connectivity index (χ3v) is 3.51. The number of halogens is 2. The Morgan fingerprint density at radius 1 is 1.47 bits per heavy atom. The fourth-order valence-corrected chi connectivity index (χ4v) is 2.49. The first-order chi connectivity index (χ1) is 8.13. The van der Waals surface area contributed by atoms with E-state index in [0.29, 0.717) is 19.5 Å². The molecule has 1 aliphatic heterocycles. The Bertz CT molecular complexity index is 387. The van der Waals surface area contributed by atoms with Crippen LogP contribution >= 0.6 is 11.6 Å². The van der Waals surface area contributed by atoms with E-state index in [4.69, 9.17) is 16.3 Å². The quantitative estimate of drug-likeness (QED) is 0.822. The molecule has 1 aromatic rings. The fourth-order valence-electron chi connectivity index (χ4n) is 2.30. The van der Waals surface area contributed by atoms with Crippen LogP contribution in [0.2, 0.25) is 5.02 Å². The molecule has 0 amide bonds. The Kier molecular flexibility index (Phi) is 4.02. The summed E-state index contributed by atoms with van der Waals surface area (Å²) in [7, 11) is 1.54. The molecule has 0 aliphatic carbocycles. The molecule has 1 aromatic carbocycles.